The first-order valence-corrected chi connectivity index (χ1v) is 8.62. The van der Waals surface area contributed by atoms with E-state index in [0.717, 1.165) is 0 Å². The van der Waals surface area contributed by atoms with E-state index in [0.29, 0.717) is 23.9 Å². The summed E-state index contributed by atoms with van der Waals surface area (Å²) in [5, 5.41) is 3.01. The van der Waals surface area contributed by atoms with Crippen LogP contribution in [0.1, 0.15) is 24.2 Å². The molecule has 124 valence electrons. The monoisotopic (exact) mass is 322 g/mol. The van der Waals surface area contributed by atoms with Gasteiger partial charge >= 0.3 is 0 Å². The van der Waals surface area contributed by atoms with E-state index >= 15 is 0 Å². The molecule has 1 N–H and O–H groups in total. The summed E-state index contributed by atoms with van der Waals surface area (Å²) >= 11 is 0. The van der Waals surface area contributed by atoms with E-state index in [-0.39, 0.29) is 23.8 Å². The van der Waals surface area contributed by atoms with Crippen LogP contribution in [-0.4, -0.2) is 35.3 Å². The van der Waals surface area contributed by atoms with Gasteiger partial charge in [0.25, 0.3) is 5.91 Å². The fourth-order valence-electron chi connectivity index (χ4n) is 4.35. The molecule has 0 unspecified atom stereocenters. The van der Waals surface area contributed by atoms with E-state index in [9.17, 15) is 9.59 Å². The number of fused-ring (bicyclic) bond motifs is 4. The summed E-state index contributed by atoms with van der Waals surface area (Å²) in [7, 11) is 0. The van der Waals surface area contributed by atoms with Crippen molar-refractivity contribution in [1.29, 1.82) is 0 Å². The van der Waals surface area contributed by atoms with E-state index in [1.165, 1.54) is 5.57 Å². The summed E-state index contributed by atoms with van der Waals surface area (Å²) in [6.45, 7) is 4.55. The van der Waals surface area contributed by atoms with Gasteiger partial charge in [-0.2, -0.15) is 0 Å². The van der Waals surface area contributed by atoms with Crippen molar-refractivity contribution in [2.75, 3.05) is 6.54 Å². The van der Waals surface area contributed by atoms with Crippen molar-refractivity contribution in [3.8, 4) is 0 Å². The number of rotatable bonds is 3. The van der Waals surface area contributed by atoms with Crippen LogP contribution in [0.15, 0.2) is 54.1 Å². The summed E-state index contributed by atoms with van der Waals surface area (Å²) in [5.41, 5.74) is 1.87. The lowest BCUT2D eigenvalue weighted by molar-refractivity contribution is -0.126. The van der Waals surface area contributed by atoms with Crippen molar-refractivity contribution < 1.29 is 9.59 Å². The zero-order valence-corrected chi connectivity index (χ0v) is 14.0. The van der Waals surface area contributed by atoms with Crippen molar-refractivity contribution in [2.45, 2.75) is 25.9 Å². The second kappa shape index (κ2) is 5.62. The number of carbonyl (C=O) groups excluding carboxylic acids is 2. The van der Waals surface area contributed by atoms with Gasteiger partial charge in [-0.1, -0.05) is 36.4 Å². The van der Waals surface area contributed by atoms with Crippen molar-refractivity contribution in [3.05, 3.63) is 59.7 Å². The van der Waals surface area contributed by atoms with Crippen LogP contribution in [-0.2, 0) is 4.79 Å². The molecular formula is C20H22N2O2. The van der Waals surface area contributed by atoms with Gasteiger partial charge < -0.3 is 10.2 Å². The zero-order valence-electron chi connectivity index (χ0n) is 14.0. The summed E-state index contributed by atoms with van der Waals surface area (Å²) < 4.78 is 0. The Kier molecular flexibility index (Phi) is 3.56. The highest BCUT2D eigenvalue weighted by molar-refractivity contribution is 5.98. The highest BCUT2D eigenvalue weighted by atomic mass is 16.2. The molecule has 3 aliphatic rings. The number of nitrogens with one attached hydrogen (secondary N) is 1. The smallest absolute Gasteiger partial charge is 0.254 e. The van der Waals surface area contributed by atoms with E-state index in [2.05, 4.69) is 23.5 Å². The lowest BCUT2D eigenvalue weighted by Gasteiger charge is -2.28. The standard InChI is InChI=1S/C20H22N2O2/c1-12(2)21-19(23)18-17-15-9-8-14(10-15)16(17)11-22(18)20(24)13-6-4-3-5-7-13/h3-10,12,14,16-18H,11H2,1-2H3,(H,21,23)/t14-,16-,17+,18+/m1/s1. The molecule has 2 amide bonds. The molecule has 1 aromatic rings. The molecule has 2 aliphatic carbocycles. The average molecular weight is 322 g/mol. The SMILES string of the molecule is CC(C)NC(=O)[C@@H]1[C@H]2C3=C[C@@H](C=C3)[C@H]2CN1C(=O)c1ccccc1. The number of hydrogen-bond donors (Lipinski definition) is 1. The van der Waals surface area contributed by atoms with Crippen LogP contribution in [0.3, 0.4) is 0 Å². The quantitative estimate of drug-likeness (QED) is 0.929. The maximum atomic E-state index is 13.0. The fraction of sp³-hybridized carbons (Fsp3) is 0.400. The van der Waals surface area contributed by atoms with Crippen LogP contribution in [0.2, 0.25) is 0 Å². The molecule has 0 aromatic heterocycles. The Morgan fingerprint density at radius 1 is 1.21 bits per heavy atom. The number of benzene rings is 1. The molecule has 0 spiro atoms. The third-order valence-electron chi connectivity index (χ3n) is 5.30. The number of hydrogen-bond acceptors (Lipinski definition) is 2. The summed E-state index contributed by atoms with van der Waals surface area (Å²) in [4.78, 5) is 27.7. The predicted molar refractivity (Wildman–Crippen MR) is 92.2 cm³/mol. The molecule has 4 nitrogen and oxygen atoms in total. The Bertz CT molecular complexity index is 735. The molecule has 24 heavy (non-hydrogen) atoms. The van der Waals surface area contributed by atoms with Gasteiger partial charge in [-0.05, 0) is 37.5 Å². The van der Waals surface area contributed by atoms with Crippen LogP contribution in [0.4, 0.5) is 0 Å². The Morgan fingerprint density at radius 2 is 1.96 bits per heavy atom. The third kappa shape index (κ3) is 2.29. The largest absolute Gasteiger partial charge is 0.352 e. The first kappa shape index (κ1) is 15.2. The van der Waals surface area contributed by atoms with Gasteiger partial charge in [-0.15, -0.1) is 0 Å². The molecule has 4 heteroatoms. The van der Waals surface area contributed by atoms with Crippen LogP contribution in [0, 0.1) is 17.8 Å². The average Bonchev–Trinajstić information content (AvgIpc) is 3.25. The Labute approximate surface area is 142 Å². The minimum absolute atomic E-state index is 0.0383. The van der Waals surface area contributed by atoms with Gasteiger partial charge in [-0.25, -0.2) is 0 Å². The molecular weight excluding hydrogens is 300 g/mol. The van der Waals surface area contributed by atoms with Gasteiger partial charge in [0.1, 0.15) is 6.04 Å². The van der Waals surface area contributed by atoms with E-state index < -0.39 is 6.04 Å². The summed E-state index contributed by atoms with van der Waals surface area (Å²) in [6, 6.07) is 8.91. The highest BCUT2D eigenvalue weighted by Gasteiger charge is 2.54. The highest BCUT2D eigenvalue weighted by Crippen LogP contribution is 2.50. The summed E-state index contributed by atoms with van der Waals surface area (Å²) in [6.07, 6.45) is 6.58. The number of allylic oxidation sites excluding steroid dienone is 3. The molecule has 1 saturated heterocycles. The maximum Gasteiger partial charge on any atom is 0.254 e. The second-order valence-electron chi connectivity index (χ2n) is 7.22. The molecule has 1 aliphatic heterocycles. The first-order valence-electron chi connectivity index (χ1n) is 8.62. The maximum absolute atomic E-state index is 13.0. The molecule has 4 atom stereocenters. The topological polar surface area (TPSA) is 49.4 Å². The number of amides is 2. The fourth-order valence-corrected chi connectivity index (χ4v) is 4.35. The molecule has 0 radical (unpaired) electrons. The van der Waals surface area contributed by atoms with Crippen molar-refractivity contribution in [1.82, 2.24) is 10.2 Å². The number of nitrogens with zero attached hydrogens (tertiary/aromatic N) is 1. The lowest BCUT2D eigenvalue weighted by Crippen LogP contribution is -2.50. The van der Waals surface area contributed by atoms with Gasteiger partial charge in [0, 0.05) is 30.0 Å². The zero-order chi connectivity index (χ0) is 16.8. The lowest BCUT2D eigenvalue weighted by atomic mass is 9.81. The van der Waals surface area contributed by atoms with Crippen LogP contribution >= 0.6 is 0 Å². The number of carbonyl (C=O) groups is 2. The predicted octanol–water partition coefficient (Wildman–Crippen LogP) is 2.39. The molecule has 2 bridgehead atoms. The van der Waals surface area contributed by atoms with E-state index in [1.807, 2.05) is 44.2 Å². The second-order valence-corrected chi connectivity index (χ2v) is 7.22. The van der Waals surface area contributed by atoms with E-state index in [1.54, 1.807) is 4.90 Å². The van der Waals surface area contributed by atoms with Gasteiger partial charge in [-0.3, -0.25) is 9.59 Å². The normalized spacial score (nSPS) is 29.8. The van der Waals surface area contributed by atoms with Crippen LogP contribution in [0.5, 0.6) is 0 Å². The Hall–Kier alpha value is -2.36. The van der Waals surface area contributed by atoms with E-state index in [4.69, 9.17) is 0 Å². The first-order chi connectivity index (χ1) is 11.6. The minimum Gasteiger partial charge on any atom is -0.352 e. The van der Waals surface area contributed by atoms with Crippen molar-refractivity contribution in [3.63, 3.8) is 0 Å². The van der Waals surface area contributed by atoms with Gasteiger partial charge in [0.05, 0.1) is 0 Å². The number of likely N-dealkylation sites (tertiary alicyclic amines) is 1. The molecule has 1 aromatic carbocycles. The Balaban J connectivity index is 1.67. The van der Waals surface area contributed by atoms with Gasteiger partial charge in [0.15, 0.2) is 0 Å². The molecule has 4 rings (SSSR count). The minimum atomic E-state index is -0.411. The molecule has 1 fully saturated rings. The summed E-state index contributed by atoms with van der Waals surface area (Å²) in [5.74, 6) is 0.748. The van der Waals surface area contributed by atoms with Crippen LogP contribution in [0.25, 0.3) is 0 Å². The Morgan fingerprint density at radius 3 is 2.67 bits per heavy atom. The third-order valence-corrected chi connectivity index (χ3v) is 5.30. The van der Waals surface area contributed by atoms with Crippen molar-refractivity contribution in [2.24, 2.45) is 17.8 Å². The van der Waals surface area contributed by atoms with Crippen LogP contribution < -0.4 is 5.32 Å². The van der Waals surface area contributed by atoms with Gasteiger partial charge in [0.2, 0.25) is 5.91 Å². The molecule has 1 heterocycles. The molecule has 0 saturated carbocycles. The van der Waals surface area contributed by atoms with Crippen molar-refractivity contribution >= 4 is 11.8 Å².